The Labute approximate surface area is 165 Å². The molecule has 3 amide bonds. The number of carbonyl (C=O) groups excluding carboxylic acids is 3. The van der Waals surface area contributed by atoms with Crippen LogP contribution in [-0.2, 0) is 14.3 Å². The van der Waals surface area contributed by atoms with Gasteiger partial charge in [-0.1, -0.05) is 12.8 Å². The molecule has 3 rings (SSSR count). The zero-order chi connectivity index (χ0) is 19.8. The van der Waals surface area contributed by atoms with Gasteiger partial charge in [-0.2, -0.15) is 0 Å². The molecule has 0 bridgehead atoms. The zero-order valence-electron chi connectivity index (χ0n) is 16.2. The van der Waals surface area contributed by atoms with E-state index in [4.69, 9.17) is 4.74 Å². The lowest BCUT2D eigenvalue weighted by atomic mass is 10.0. The Morgan fingerprint density at radius 1 is 0.929 bits per heavy atom. The van der Waals surface area contributed by atoms with E-state index in [1.165, 1.54) is 12.8 Å². The van der Waals surface area contributed by atoms with Crippen LogP contribution >= 0.6 is 0 Å². The van der Waals surface area contributed by atoms with Gasteiger partial charge in [0, 0.05) is 37.4 Å². The van der Waals surface area contributed by atoms with Gasteiger partial charge in [-0.3, -0.25) is 14.4 Å². The van der Waals surface area contributed by atoms with Crippen LogP contribution in [0, 0.1) is 5.92 Å². The van der Waals surface area contributed by atoms with Gasteiger partial charge in [0.2, 0.25) is 11.8 Å². The molecule has 2 fully saturated rings. The topological polar surface area (TPSA) is 96.5 Å². The Hall–Kier alpha value is -2.41. The largest absolute Gasteiger partial charge is 0.368 e. The minimum absolute atomic E-state index is 0.0334. The highest BCUT2D eigenvalue weighted by Crippen LogP contribution is 2.27. The monoisotopic (exact) mass is 387 g/mol. The summed E-state index contributed by atoms with van der Waals surface area (Å²) in [6, 6.07) is 6.85. The lowest BCUT2D eigenvalue weighted by Gasteiger charge is -2.11. The van der Waals surface area contributed by atoms with Gasteiger partial charge < -0.3 is 20.7 Å². The van der Waals surface area contributed by atoms with E-state index in [-0.39, 0.29) is 23.8 Å². The van der Waals surface area contributed by atoms with Gasteiger partial charge >= 0.3 is 0 Å². The highest BCUT2D eigenvalue weighted by atomic mass is 16.5. The first kappa shape index (κ1) is 20.3. The Balaban J connectivity index is 1.35. The molecule has 1 atom stereocenters. The standard InChI is InChI=1S/C21H29N3O4/c25-19(14-15-4-1-2-5-15)24-17-9-7-16(8-10-17)20(26)22-11-12-23-21(27)18-6-3-13-28-18/h7-10,15,18H,1-6,11-14H2,(H,22,26)(H,23,27)(H,24,25). The van der Waals surface area contributed by atoms with Crippen molar-refractivity contribution in [3.8, 4) is 0 Å². The molecule has 1 aromatic rings. The van der Waals surface area contributed by atoms with Crippen LogP contribution in [0.15, 0.2) is 24.3 Å². The van der Waals surface area contributed by atoms with Crippen LogP contribution in [0.3, 0.4) is 0 Å². The lowest BCUT2D eigenvalue weighted by molar-refractivity contribution is -0.130. The molecule has 28 heavy (non-hydrogen) atoms. The normalized spacial score (nSPS) is 19.4. The average Bonchev–Trinajstić information content (AvgIpc) is 3.39. The summed E-state index contributed by atoms with van der Waals surface area (Å²) in [5, 5.41) is 8.43. The molecule has 1 saturated carbocycles. The highest BCUT2D eigenvalue weighted by molar-refractivity contribution is 5.95. The molecule has 0 spiro atoms. The number of rotatable bonds is 8. The number of benzene rings is 1. The summed E-state index contributed by atoms with van der Waals surface area (Å²) in [5.41, 5.74) is 1.21. The third-order valence-corrected chi connectivity index (χ3v) is 5.31. The summed E-state index contributed by atoms with van der Waals surface area (Å²) in [5.74, 6) is 0.205. The quantitative estimate of drug-likeness (QED) is 0.596. The van der Waals surface area contributed by atoms with E-state index in [0.717, 1.165) is 25.7 Å². The van der Waals surface area contributed by atoms with Crippen LogP contribution in [0.5, 0.6) is 0 Å². The first-order chi connectivity index (χ1) is 13.6. The van der Waals surface area contributed by atoms with Crippen molar-refractivity contribution in [1.82, 2.24) is 10.6 Å². The number of hydrogen-bond donors (Lipinski definition) is 3. The minimum atomic E-state index is -0.355. The molecule has 3 N–H and O–H groups in total. The van der Waals surface area contributed by atoms with Crippen LogP contribution in [0.1, 0.15) is 55.3 Å². The van der Waals surface area contributed by atoms with Gasteiger partial charge in [-0.05, 0) is 55.9 Å². The van der Waals surface area contributed by atoms with E-state index in [1.54, 1.807) is 24.3 Å². The summed E-state index contributed by atoms with van der Waals surface area (Å²) in [6.07, 6.45) is 6.60. The minimum Gasteiger partial charge on any atom is -0.368 e. The first-order valence-electron chi connectivity index (χ1n) is 10.2. The van der Waals surface area contributed by atoms with Crippen LogP contribution < -0.4 is 16.0 Å². The second kappa shape index (κ2) is 10.2. The molecule has 1 unspecified atom stereocenters. The zero-order valence-corrected chi connectivity index (χ0v) is 16.2. The van der Waals surface area contributed by atoms with Crippen molar-refractivity contribution in [3.05, 3.63) is 29.8 Å². The lowest BCUT2D eigenvalue weighted by Crippen LogP contribution is -2.39. The summed E-state index contributed by atoms with van der Waals surface area (Å²) in [7, 11) is 0. The number of nitrogens with one attached hydrogen (secondary N) is 3. The van der Waals surface area contributed by atoms with Gasteiger partial charge in [-0.25, -0.2) is 0 Å². The summed E-state index contributed by atoms with van der Waals surface area (Å²) >= 11 is 0. The molecular formula is C21H29N3O4. The molecule has 7 heteroatoms. The number of hydrogen-bond acceptors (Lipinski definition) is 4. The molecule has 1 aromatic carbocycles. The third kappa shape index (κ3) is 6.05. The van der Waals surface area contributed by atoms with E-state index < -0.39 is 0 Å². The second-order valence-corrected chi connectivity index (χ2v) is 7.53. The van der Waals surface area contributed by atoms with Crippen molar-refractivity contribution in [1.29, 1.82) is 0 Å². The van der Waals surface area contributed by atoms with Crippen LogP contribution in [0.4, 0.5) is 5.69 Å². The van der Waals surface area contributed by atoms with Crippen molar-refractivity contribution >= 4 is 23.4 Å². The molecule has 1 aliphatic carbocycles. The van der Waals surface area contributed by atoms with Gasteiger partial charge in [0.15, 0.2) is 0 Å². The molecule has 2 aliphatic rings. The molecule has 1 heterocycles. The number of ether oxygens (including phenoxy) is 1. The Bertz CT molecular complexity index is 677. The second-order valence-electron chi connectivity index (χ2n) is 7.53. The summed E-state index contributed by atoms with van der Waals surface area (Å²) in [6.45, 7) is 1.34. The van der Waals surface area contributed by atoms with Gasteiger partial charge in [0.05, 0.1) is 0 Å². The molecule has 0 aromatic heterocycles. The smallest absolute Gasteiger partial charge is 0.251 e. The van der Waals surface area contributed by atoms with E-state index in [2.05, 4.69) is 16.0 Å². The van der Waals surface area contributed by atoms with Crippen molar-refractivity contribution < 1.29 is 19.1 Å². The van der Waals surface area contributed by atoms with Crippen LogP contribution in [0.25, 0.3) is 0 Å². The Morgan fingerprint density at radius 3 is 2.32 bits per heavy atom. The van der Waals surface area contributed by atoms with Crippen molar-refractivity contribution in [2.24, 2.45) is 5.92 Å². The Kier molecular flexibility index (Phi) is 7.42. The summed E-state index contributed by atoms with van der Waals surface area (Å²) in [4.78, 5) is 36.1. The molecule has 7 nitrogen and oxygen atoms in total. The highest BCUT2D eigenvalue weighted by Gasteiger charge is 2.23. The fourth-order valence-corrected chi connectivity index (χ4v) is 3.76. The summed E-state index contributed by atoms with van der Waals surface area (Å²) < 4.78 is 5.31. The molecule has 1 aliphatic heterocycles. The predicted molar refractivity (Wildman–Crippen MR) is 106 cm³/mol. The fourth-order valence-electron chi connectivity index (χ4n) is 3.76. The van der Waals surface area contributed by atoms with Crippen LogP contribution in [0.2, 0.25) is 0 Å². The van der Waals surface area contributed by atoms with Gasteiger partial charge in [0.25, 0.3) is 5.91 Å². The number of amides is 3. The van der Waals surface area contributed by atoms with E-state index in [9.17, 15) is 14.4 Å². The number of carbonyl (C=O) groups is 3. The molecule has 0 radical (unpaired) electrons. The van der Waals surface area contributed by atoms with E-state index in [0.29, 0.717) is 43.3 Å². The molecular weight excluding hydrogens is 358 g/mol. The van der Waals surface area contributed by atoms with Crippen molar-refractivity contribution in [2.75, 3.05) is 25.0 Å². The fraction of sp³-hybridized carbons (Fsp3) is 0.571. The van der Waals surface area contributed by atoms with Gasteiger partial charge in [-0.15, -0.1) is 0 Å². The van der Waals surface area contributed by atoms with Crippen LogP contribution in [-0.4, -0.2) is 43.5 Å². The average molecular weight is 387 g/mol. The molecule has 152 valence electrons. The first-order valence-corrected chi connectivity index (χ1v) is 10.2. The van der Waals surface area contributed by atoms with Crippen molar-refractivity contribution in [3.63, 3.8) is 0 Å². The third-order valence-electron chi connectivity index (χ3n) is 5.31. The van der Waals surface area contributed by atoms with Crippen molar-refractivity contribution in [2.45, 2.75) is 51.0 Å². The van der Waals surface area contributed by atoms with E-state index >= 15 is 0 Å². The predicted octanol–water partition coefficient (Wildman–Crippen LogP) is 2.23. The Morgan fingerprint density at radius 2 is 1.64 bits per heavy atom. The maximum atomic E-state index is 12.2. The maximum Gasteiger partial charge on any atom is 0.251 e. The molecule has 1 saturated heterocycles. The van der Waals surface area contributed by atoms with Gasteiger partial charge in [0.1, 0.15) is 6.10 Å². The maximum absolute atomic E-state index is 12.2. The SMILES string of the molecule is O=C(CC1CCCC1)Nc1ccc(C(=O)NCCNC(=O)C2CCCO2)cc1. The van der Waals surface area contributed by atoms with E-state index in [1.807, 2.05) is 0 Å². The number of anilines is 1.